The summed E-state index contributed by atoms with van der Waals surface area (Å²) in [5.74, 6) is 0.956. The number of halogens is 3. The van der Waals surface area contributed by atoms with Crippen molar-refractivity contribution in [2.45, 2.75) is 57.2 Å². The van der Waals surface area contributed by atoms with Crippen LogP contribution >= 0.6 is 0 Å². The Balaban J connectivity index is 0.936. The highest BCUT2D eigenvalue weighted by molar-refractivity contribution is 5.78. The molecule has 0 bridgehead atoms. The number of benzene rings is 1. The first-order valence-electron chi connectivity index (χ1n) is 16.4. The number of ether oxygens (including phenoxy) is 4. The van der Waals surface area contributed by atoms with E-state index in [1.807, 2.05) is 12.1 Å². The van der Waals surface area contributed by atoms with Crippen molar-refractivity contribution in [2.75, 3.05) is 26.4 Å². The van der Waals surface area contributed by atoms with E-state index < -0.39 is 18.7 Å². The lowest BCUT2D eigenvalue weighted by atomic mass is 9.93. The highest BCUT2D eigenvalue weighted by Crippen LogP contribution is 2.36. The Morgan fingerprint density at radius 1 is 1.04 bits per heavy atom. The molecule has 1 N–H and O–H groups in total. The van der Waals surface area contributed by atoms with E-state index in [0.29, 0.717) is 48.2 Å². The van der Waals surface area contributed by atoms with Gasteiger partial charge in [0.2, 0.25) is 18.4 Å². The van der Waals surface area contributed by atoms with Crippen LogP contribution in [0.4, 0.5) is 13.2 Å². The smallest absolute Gasteiger partial charge is 0.451 e. The number of imidazole rings is 1. The minimum absolute atomic E-state index is 0.0679. The van der Waals surface area contributed by atoms with Crippen molar-refractivity contribution < 1.29 is 34.9 Å². The van der Waals surface area contributed by atoms with Gasteiger partial charge in [-0.1, -0.05) is 18.2 Å². The number of alkyl halides is 3. The van der Waals surface area contributed by atoms with Crippen molar-refractivity contribution in [3.63, 3.8) is 0 Å². The van der Waals surface area contributed by atoms with Gasteiger partial charge in [-0.05, 0) is 50.6 Å². The van der Waals surface area contributed by atoms with E-state index in [2.05, 4.69) is 29.6 Å². The molecule has 1 aromatic carbocycles. The Hall–Kier alpha value is -4.76. The third-order valence-corrected chi connectivity index (χ3v) is 8.74. The van der Waals surface area contributed by atoms with Crippen LogP contribution in [0.1, 0.15) is 50.8 Å². The molecule has 2 saturated heterocycles. The zero-order valence-electron chi connectivity index (χ0n) is 27.0. The van der Waals surface area contributed by atoms with Gasteiger partial charge in [0.05, 0.1) is 36.4 Å². The molecule has 0 saturated carbocycles. The maximum absolute atomic E-state index is 13.1. The summed E-state index contributed by atoms with van der Waals surface area (Å²) < 4.78 is 79.0. The van der Waals surface area contributed by atoms with E-state index in [1.54, 1.807) is 36.5 Å². The van der Waals surface area contributed by atoms with E-state index in [0.717, 1.165) is 49.4 Å². The third-order valence-electron chi connectivity index (χ3n) is 8.74. The standard InChI is InChI=1S/C32H31F3N8O4/c33-32(34,35)31-39-30(40-41-31)24-13-23-25(14-36-24)43(15-21-9-12-44-21)27(37-23)16-42-10-7-19(8-11-42)22-4-2-6-28(38-22)45-17-20-3-1-5-26-29(20)47-18-46-26/h1-6,13-14,19,21H,7-12,15-18H2,(H,39,40,41)/t21-/m0/s1/i18D2. The lowest BCUT2D eigenvalue weighted by Gasteiger charge is -2.32. The monoisotopic (exact) mass is 650 g/mol. The fourth-order valence-corrected chi connectivity index (χ4v) is 6.12. The molecular formula is C32H31F3N8O4. The number of rotatable bonds is 9. The number of likely N-dealkylation sites (tertiary alicyclic amines) is 1. The molecule has 8 rings (SSSR count). The molecule has 0 spiro atoms. The van der Waals surface area contributed by atoms with Crippen molar-refractivity contribution in [1.29, 1.82) is 0 Å². The van der Waals surface area contributed by atoms with Crippen LogP contribution in [0.5, 0.6) is 17.4 Å². The van der Waals surface area contributed by atoms with Crippen LogP contribution < -0.4 is 14.2 Å². The van der Waals surface area contributed by atoms with Crippen LogP contribution in [0.2, 0.25) is 0 Å². The van der Waals surface area contributed by atoms with Crippen molar-refractivity contribution in [3.05, 3.63) is 71.6 Å². The van der Waals surface area contributed by atoms with Gasteiger partial charge in [0.25, 0.3) is 0 Å². The van der Waals surface area contributed by atoms with Gasteiger partial charge in [-0.25, -0.2) is 9.97 Å². The van der Waals surface area contributed by atoms with Crippen molar-refractivity contribution in [3.8, 4) is 28.9 Å². The molecular weight excluding hydrogens is 617 g/mol. The first kappa shape index (κ1) is 27.4. The lowest BCUT2D eigenvalue weighted by molar-refractivity contribution is -0.144. The maximum Gasteiger partial charge on any atom is 0.451 e. The molecule has 0 radical (unpaired) electrons. The number of nitrogens with one attached hydrogen (secondary N) is 1. The average molecular weight is 651 g/mol. The van der Waals surface area contributed by atoms with Crippen LogP contribution in [-0.2, 0) is 30.6 Å². The number of aromatic amines is 1. The number of nitrogens with zero attached hydrogens (tertiary/aromatic N) is 7. The van der Waals surface area contributed by atoms with Crippen LogP contribution in [0.15, 0.2) is 48.7 Å². The summed E-state index contributed by atoms with van der Waals surface area (Å²) in [5, 5.41) is 6.87. The summed E-state index contributed by atoms with van der Waals surface area (Å²) >= 11 is 0. The largest absolute Gasteiger partial charge is 0.473 e. The number of fused-ring (bicyclic) bond motifs is 2. The minimum atomic E-state index is -4.64. The van der Waals surface area contributed by atoms with E-state index in [9.17, 15) is 13.2 Å². The molecule has 2 fully saturated rings. The predicted molar refractivity (Wildman–Crippen MR) is 161 cm³/mol. The summed E-state index contributed by atoms with van der Waals surface area (Å²) in [5.41, 5.74) is 3.22. The zero-order chi connectivity index (χ0) is 33.8. The fourth-order valence-electron chi connectivity index (χ4n) is 6.12. The SMILES string of the molecule is [2H]C1([2H])Oc2cccc(COc3cccc(C4CCN(Cc5nc6cc(-c7nnc(C(F)(F)F)[nH]7)ncc6n5C[C@@H]5CCO5)CC4)n3)c2O1. The maximum atomic E-state index is 13.1. The number of hydrogen-bond donors (Lipinski definition) is 1. The first-order valence-corrected chi connectivity index (χ1v) is 15.4. The average Bonchev–Trinajstić information content (AvgIpc) is 3.77. The van der Waals surface area contributed by atoms with Crippen LogP contribution in [-0.4, -0.2) is 72.1 Å². The Bertz CT molecular complexity index is 1990. The summed E-state index contributed by atoms with van der Waals surface area (Å²) in [7, 11) is 0. The number of aromatic nitrogens is 7. The van der Waals surface area contributed by atoms with Crippen LogP contribution in [0.3, 0.4) is 0 Å². The quantitative estimate of drug-likeness (QED) is 0.230. The van der Waals surface area contributed by atoms with Gasteiger partial charge in [-0.2, -0.15) is 13.2 Å². The Kier molecular flexibility index (Phi) is 7.05. The van der Waals surface area contributed by atoms with Crippen molar-refractivity contribution in [1.82, 2.24) is 39.6 Å². The van der Waals surface area contributed by atoms with Gasteiger partial charge in [0.1, 0.15) is 20.9 Å². The lowest BCUT2D eigenvalue weighted by Crippen LogP contribution is -2.35. The number of para-hydroxylation sites is 1. The van der Waals surface area contributed by atoms with Crippen LogP contribution in [0, 0.1) is 0 Å². The normalized spacial score (nSPS) is 20.2. The second-order valence-corrected chi connectivity index (χ2v) is 11.8. The van der Waals surface area contributed by atoms with E-state index in [1.165, 1.54) is 0 Å². The highest BCUT2D eigenvalue weighted by atomic mass is 19.4. The molecule has 47 heavy (non-hydrogen) atoms. The third kappa shape index (κ3) is 6.07. The van der Waals surface area contributed by atoms with Gasteiger partial charge in [-0.15, -0.1) is 10.2 Å². The van der Waals surface area contributed by atoms with Gasteiger partial charge in [0, 0.05) is 29.8 Å². The van der Waals surface area contributed by atoms with Gasteiger partial charge in [-0.3, -0.25) is 9.88 Å². The molecule has 0 aliphatic carbocycles. The van der Waals surface area contributed by atoms with Gasteiger partial charge < -0.3 is 28.5 Å². The summed E-state index contributed by atoms with van der Waals surface area (Å²) in [4.78, 5) is 18.6. The van der Waals surface area contributed by atoms with Crippen LogP contribution in [0.25, 0.3) is 22.6 Å². The fraction of sp³-hybridized carbons (Fsp3) is 0.406. The summed E-state index contributed by atoms with van der Waals surface area (Å²) in [6.07, 6.45) is -0.244. The second kappa shape index (κ2) is 12.1. The molecule has 244 valence electrons. The van der Waals surface area contributed by atoms with E-state index in [4.69, 9.17) is 31.7 Å². The Morgan fingerprint density at radius 3 is 2.68 bits per heavy atom. The topological polar surface area (TPSA) is 125 Å². The molecule has 15 heteroatoms. The highest BCUT2D eigenvalue weighted by Gasteiger charge is 2.36. The molecule has 4 aromatic heterocycles. The molecule has 7 heterocycles. The second-order valence-electron chi connectivity index (χ2n) is 11.8. The molecule has 3 aliphatic rings. The predicted octanol–water partition coefficient (Wildman–Crippen LogP) is 5.11. The molecule has 3 aliphatic heterocycles. The zero-order valence-corrected chi connectivity index (χ0v) is 25.0. The van der Waals surface area contributed by atoms with Crippen molar-refractivity contribution in [2.24, 2.45) is 0 Å². The molecule has 0 amide bonds. The van der Waals surface area contributed by atoms with Crippen molar-refractivity contribution >= 4 is 11.0 Å². The molecule has 12 nitrogen and oxygen atoms in total. The number of H-pyrrole nitrogens is 1. The van der Waals surface area contributed by atoms with E-state index in [-0.39, 0.29) is 30.1 Å². The minimum Gasteiger partial charge on any atom is -0.473 e. The molecule has 1 atom stereocenters. The van der Waals surface area contributed by atoms with E-state index >= 15 is 0 Å². The Labute approximate surface area is 269 Å². The summed E-state index contributed by atoms with van der Waals surface area (Å²) in [6.45, 7) is 1.48. The summed E-state index contributed by atoms with van der Waals surface area (Å²) in [6, 6.07) is 12.6. The van der Waals surface area contributed by atoms with Gasteiger partial charge >= 0.3 is 6.18 Å². The number of hydrogen-bond acceptors (Lipinski definition) is 10. The first-order chi connectivity index (χ1) is 23.6. The molecule has 0 unspecified atom stereocenters. The number of pyridine rings is 2. The number of piperidine rings is 1. The molecule has 5 aromatic rings. The van der Waals surface area contributed by atoms with Gasteiger partial charge in [0.15, 0.2) is 17.3 Å². The Morgan fingerprint density at radius 2 is 1.89 bits per heavy atom.